The molecule has 4 aromatic carbocycles. The Hall–Kier alpha value is -4.89. The van der Waals surface area contributed by atoms with Crippen LogP contribution in [0.5, 0.6) is 0 Å². The fourth-order valence-corrected chi connectivity index (χ4v) is 4.39. The van der Waals surface area contributed by atoms with Crippen molar-refractivity contribution >= 4 is 75.3 Å². The molecular formula is C33H26Cl3N5O3. The largest absolute Gasteiger partial charge is 0.399 e. The Morgan fingerprint density at radius 1 is 0.614 bits per heavy atom. The van der Waals surface area contributed by atoms with Gasteiger partial charge in [-0.1, -0.05) is 71.2 Å². The molecule has 1 aromatic heterocycles. The Morgan fingerprint density at radius 3 is 1.68 bits per heavy atom. The number of nitrogens with zero attached hydrogens (tertiary/aromatic N) is 1. The first-order valence-electron chi connectivity index (χ1n) is 13.1. The van der Waals surface area contributed by atoms with Gasteiger partial charge in [0.05, 0.1) is 32.7 Å². The van der Waals surface area contributed by atoms with Crippen molar-refractivity contribution in [3.63, 3.8) is 0 Å². The van der Waals surface area contributed by atoms with Gasteiger partial charge in [-0.15, -0.1) is 0 Å². The number of amides is 3. The van der Waals surface area contributed by atoms with Gasteiger partial charge in [-0.05, 0) is 79.7 Å². The lowest BCUT2D eigenvalue weighted by molar-refractivity contribution is 0.101. The summed E-state index contributed by atoms with van der Waals surface area (Å²) in [4.78, 5) is 40.7. The number of aryl methyl sites for hydroxylation is 1. The molecular weight excluding hydrogens is 621 g/mol. The summed E-state index contributed by atoms with van der Waals surface area (Å²) in [6.45, 7) is 1.70. The average Bonchev–Trinajstić information content (AvgIpc) is 3.01. The predicted molar refractivity (Wildman–Crippen MR) is 178 cm³/mol. The van der Waals surface area contributed by atoms with Gasteiger partial charge in [-0.2, -0.15) is 0 Å². The third-order valence-corrected chi connectivity index (χ3v) is 6.95. The topological polar surface area (TPSA) is 126 Å². The molecule has 5 rings (SSSR count). The Balaban J connectivity index is 0.000000223. The maximum atomic E-state index is 12.5. The van der Waals surface area contributed by atoms with Gasteiger partial charge in [0.25, 0.3) is 17.7 Å². The molecule has 44 heavy (non-hydrogen) atoms. The van der Waals surface area contributed by atoms with E-state index in [9.17, 15) is 14.4 Å². The summed E-state index contributed by atoms with van der Waals surface area (Å²) in [5.41, 5.74) is 9.59. The molecule has 1 heterocycles. The van der Waals surface area contributed by atoms with E-state index >= 15 is 0 Å². The molecule has 0 atom stereocenters. The number of nitrogens with one attached hydrogen (secondary N) is 3. The molecule has 0 aliphatic rings. The first-order chi connectivity index (χ1) is 21.1. The van der Waals surface area contributed by atoms with E-state index in [-0.39, 0.29) is 17.7 Å². The zero-order valence-corrected chi connectivity index (χ0v) is 25.5. The molecule has 0 bridgehead atoms. The van der Waals surface area contributed by atoms with Crippen molar-refractivity contribution in [3.05, 3.63) is 147 Å². The summed E-state index contributed by atoms with van der Waals surface area (Å²) in [7, 11) is 0. The summed E-state index contributed by atoms with van der Waals surface area (Å²) in [5.74, 6) is -0.837. The molecule has 0 aliphatic carbocycles. The van der Waals surface area contributed by atoms with Gasteiger partial charge < -0.3 is 21.7 Å². The van der Waals surface area contributed by atoms with Crippen molar-refractivity contribution in [1.29, 1.82) is 0 Å². The third-order valence-electron chi connectivity index (χ3n) is 6.08. The molecule has 0 radical (unpaired) electrons. The average molecular weight is 647 g/mol. The standard InChI is InChI=1S/C20H15Cl2N3O2.C13H11ClN2O/c1-12-15(8-10-18(22)23-12)20(27)24-14-7-9-16(21)17(11-14)25-19(26)13-5-3-2-4-6-13;14-11-7-6-10(15)8-12(11)16-13(17)9-4-2-1-3-5-9/h2-11H,1H3,(H,24,27)(H,25,26);1-8H,15H2,(H,16,17). The zero-order chi connectivity index (χ0) is 31.6. The van der Waals surface area contributed by atoms with Gasteiger partial charge in [-0.25, -0.2) is 4.98 Å². The van der Waals surface area contributed by atoms with Crippen LogP contribution in [0.4, 0.5) is 22.7 Å². The monoisotopic (exact) mass is 645 g/mol. The minimum absolute atomic E-state index is 0.210. The quantitative estimate of drug-likeness (QED) is 0.109. The summed E-state index contributed by atoms with van der Waals surface area (Å²) < 4.78 is 0. The number of halogens is 3. The van der Waals surface area contributed by atoms with Gasteiger partial charge >= 0.3 is 0 Å². The lowest BCUT2D eigenvalue weighted by atomic mass is 10.2. The smallest absolute Gasteiger partial charge is 0.257 e. The summed E-state index contributed by atoms with van der Waals surface area (Å²) in [6, 6.07) is 30.7. The van der Waals surface area contributed by atoms with Gasteiger partial charge in [0, 0.05) is 22.5 Å². The fraction of sp³-hybridized carbons (Fsp3) is 0.0303. The number of hydrogen-bond donors (Lipinski definition) is 4. The second-order valence-electron chi connectivity index (χ2n) is 9.30. The first-order valence-corrected chi connectivity index (χ1v) is 14.3. The first kappa shape index (κ1) is 32.0. The molecule has 0 unspecified atom stereocenters. The summed E-state index contributed by atoms with van der Waals surface area (Å²) in [5, 5.41) is 9.38. The van der Waals surface area contributed by atoms with E-state index in [0.717, 1.165) is 0 Å². The third kappa shape index (κ3) is 8.81. The van der Waals surface area contributed by atoms with Gasteiger partial charge in [0.1, 0.15) is 5.15 Å². The summed E-state index contributed by atoms with van der Waals surface area (Å²) >= 11 is 18.0. The zero-order valence-electron chi connectivity index (χ0n) is 23.3. The minimum atomic E-state index is -0.334. The number of carbonyl (C=O) groups excluding carboxylic acids is 3. The molecule has 0 saturated heterocycles. The minimum Gasteiger partial charge on any atom is -0.399 e. The molecule has 0 spiro atoms. The Bertz CT molecular complexity index is 1800. The lowest BCUT2D eigenvalue weighted by Gasteiger charge is -2.11. The number of benzene rings is 4. The Kier molecular flexibility index (Phi) is 10.9. The van der Waals surface area contributed by atoms with Crippen LogP contribution in [0.25, 0.3) is 0 Å². The van der Waals surface area contributed by atoms with Crippen molar-refractivity contribution in [3.8, 4) is 0 Å². The maximum Gasteiger partial charge on any atom is 0.257 e. The number of carbonyl (C=O) groups is 3. The number of anilines is 4. The fourth-order valence-electron chi connectivity index (χ4n) is 3.87. The lowest BCUT2D eigenvalue weighted by Crippen LogP contribution is -2.15. The van der Waals surface area contributed by atoms with Crippen LogP contribution in [-0.4, -0.2) is 22.7 Å². The highest BCUT2D eigenvalue weighted by atomic mass is 35.5. The number of hydrogen-bond acceptors (Lipinski definition) is 5. The van der Waals surface area contributed by atoms with Crippen molar-refractivity contribution in [2.24, 2.45) is 0 Å². The van der Waals surface area contributed by atoms with Crippen LogP contribution in [0.2, 0.25) is 15.2 Å². The van der Waals surface area contributed by atoms with Crippen LogP contribution in [0.1, 0.15) is 36.8 Å². The van der Waals surface area contributed by atoms with Crippen LogP contribution >= 0.6 is 34.8 Å². The Morgan fingerprint density at radius 2 is 1.14 bits per heavy atom. The van der Waals surface area contributed by atoms with Crippen molar-refractivity contribution < 1.29 is 14.4 Å². The van der Waals surface area contributed by atoms with Crippen molar-refractivity contribution in [2.75, 3.05) is 21.7 Å². The molecule has 3 amide bonds. The Labute approximate surface area is 269 Å². The molecule has 222 valence electrons. The van der Waals surface area contributed by atoms with Crippen LogP contribution in [-0.2, 0) is 0 Å². The number of nitrogens with two attached hydrogens (primary N) is 1. The van der Waals surface area contributed by atoms with Crippen LogP contribution < -0.4 is 21.7 Å². The molecule has 0 aliphatic heterocycles. The number of rotatable bonds is 6. The molecule has 8 nitrogen and oxygen atoms in total. The van der Waals surface area contributed by atoms with E-state index in [4.69, 9.17) is 40.5 Å². The van der Waals surface area contributed by atoms with Crippen molar-refractivity contribution in [1.82, 2.24) is 4.98 Å². The predicted octanol–water partition coefficient (Wildman–Crippen LogP) is 8.38. The second-order valence-corrected chi connectivity index (χ2v) is 10.5. The SMILES string of the molecule is Cc1nc(Cl)ccc1C(=O)Nc1ccc(Cl)c(NC(=O)c2ccccc2)c1.Nc1ccc(Cl)c(NC(=O)c2ccccc2)c1. The molecule has 5 N–H and O–H groups in total. The van der Waals surface area contributed by atoms with E-state index < -0.39 is 0 Å². The molecule has 0 fully saturated rings. The highest BCUT2D eigenvalue weighted by Gasteiger charge is 2.13. The van der Waals surface area contributed by atoms with Gasteiger partial charge in [-0.3, -0.25) is 14.4 Å². The number of pyridine rings is 1. The number of nitrogen functional groups attached to an aromatic ring is 1. The molecule has 5 aromatic rings. The van der Waals surface area contributed by atoms with Crippen molar-refractivity contribution in [2.45, 2.75) is 6.92 Å². The van der Waals surface area contributed by atoms with Gasteiger partial charge in [0.15, 0.2) is 0 Å². The van der Waals surface area contributed by atoms with Crippen LogP contribution in [0.15, 0.2) is 109 Å². The van der Waals surface area contributed by atoms with E-state index in [1.165, 1.54) is 0 Å². The normalized spacial score (nSPS) is 10.2. The molecule has 0 saturated carbocycles. The van der Waals surface area contributed by atoms with Crippen LogP contribution in [0.3, 0.4) is 0 Å². The highest BCUT2D eigenvalue weighted by Crippen LogP contribution is 2.27. The number of aromatic nitrogens is 1. The van der Waals surface area contributed by atoms with E-state index in [2.05, 4.69) is 20.9 Å². The highest BCUT2D eigenvalue weighted by molar-refractivity contribution is 6.34. The van der Waals surface area contributed by atoms with E-state index in [1.807, 2.05) is 12.1 Å². The summed E-state index contributed by atoms with van der Waals surface area (Å²) in [6.07, 6.45) is 0. The van der Waals surface area contributed by atoms with Gasteiger partial charge in [0.2, 0.25) is 0 Å². The van der Waals surface area contributed by atoms with E-state index in [0.29, 0.717) is 60.3 Å². The second kappa shape index (κ2) is 15.0. The van der Waals surface area contributed by atoms with Crippen LogP contribution in [0, 0.1) is 6.92 Å². The van der Waals surface area contributed by atoms with E-state index in [1.54, 1.807) is 104 Å². The molecule has 11 heteroatoms. The maximum absolute atomic E-state index is 12.5.